The molecule has 0 bridgehead atoms. The first-order valence-electron chi connectivity index (χ1n) is 12.0. The minimum atomic E-state index is -0.841. The Morgan fingerprint density at radius 2 is 1.54 bits per heavy atom. The second-order valence-electron chi connectivity index (χ2n) is 8.75. The molecular formula is C24H44O4. The van der Waals surface area contributed by atoms with Crippen molar-refractivity contribution in [3.63, 3.8) is 0 Å². The maximum absolute atomic E-state index is 12.9. The molecule has 0 radical (unpaired) electrons. The predicted molar refractivity (Wildman–Crippen MR) is 114 cm³/mol. The van der Waals surface area contributed by atoms with Crippen LogP contribution < -0.4 is 0 Å². The maximum Gasteiger partial charge on any atom is 0.310 e. The summed E-state index contributed by atoms with van der Waals surface area (Å²) in [5, 5.41) is 9.49. The lowest BCUT2D eigenvalue weighted by Crippen LogP contribution is -2.36. The van der Waals surface area contributed by atoms with Gasteiger partial charge in [0.25, 0.3) is 0 Å². The molecule has 1 aliphatic rings. The van der Waals surface area contributed by atoms with E-state index in [0.717, 1.165) is 38.5 Å². The zero-order valence-corrected chi connectivity index (χ0v) is 18.6. The van der Waals surface area contributed by atoms with E-state index in [4.69, 9.17) is 4.74 Å². The summed E-state index contributed by atoms with van der Waals surface area (Å²) in [6, 6.07) is 0. The average Bonchev–Trinajstić information content (AvgIpc) is 2.70. The first-order chi connectivity index (χ1) is 13.5. The van der Waals surface area contributed by atoms with Crippen LogP contribution >= 0.6 is 0 Å². The molecule has 1 N–H and O–H groups in total. The van der Waals surface area contributed by atoms with Crippen molar-refractivity contribution in [2.45, 2.75) is 123 Å². The zero-order valence-electron chi connectivity index (χ0n) is 18.6. The molecule has 1 aliphatic carbocycles. The molecule has 0 saturated heterocycles. The molecule has 0 aromatic heterocycles. The summed E-state index contributed by atoms with van der Waals surface area (Å²) in [6.45, 7) is 6.66. The Morgan fingerprint density at radius 3 is 2.14 bits per heavy atom. The molecular weight excluding hydrogens is 352 g/mol. The van der Waals surface area contributed by atoms with E-state index in [2.05, 4.69) is 20.8 Å². The van der Waals surface area contributed by atoms with Crippen molar-refractivity contribution >= 4 is 11.9 Å². The van der Waals surface area contributed by atoms with E-state index in [1.165, 1.54) is 44.9 Å². The third-order valence-corrected chi connectivity index (χ3v) is 6.44. The van der Waals surface area contributed by atoms with Gasteiger partial charge in [0, 0.05) is 0 Å². The Hall–Kier alpha value is -1.06. The number of aliphatic carboxylic acids is 1. The van der Waals surface area contributed by atoms with E-state index < -0.39 is 17.8 Å². The number of carbonyl (C=O) groups excluding carboxylic acids is 1. The molecule has 0 aromatic rings. The standard InChI is InChI=1S/C24H44O4/c1-4-7-9-10-11-15-20(18-19(6-3)14-8-5-2)28-24(27)22-17-13-12-16-21(22)23(25)26/h19-22H,4-18H2,1-3H3,(H,25,26). The number of ether oxygens (including phenoxy) is 1. The average molecular weight is 397 g/mol. The van der Waals surface area contributed by atoms with Crippen LogP contribution in [0.3, 0.4) is 0 Å². The van der Waals surface area contributed by atoms with Crippen molar-refractivity contribution in [2.24, 2.45) is 17.8 Å². The van der Waals surface area contributed by atoms with Crippen molar-refractivity contribution < 1.29 is 19.4 Å². The van der Waals surface area contributed by atoms with Crippen molar-refractivity contribution in [3.8, 4) is 0 Å². The quantitative estimate of drug-likeness (QED) is 0.245. The van der Waals surface area contributed by atoms with Crippen LogP contribution in [0.2, 0.25) is 0 Å². The SMILES string of the molecule is CCCCCCCC(CC(CC)CCCC)OC(=O)C1CCCCC1C(=O)O. The van der Waals surface area contributed by atoms with Crippen LogP contribution in [0.1, 0.15) is 117 Å². The first kappa shape index (κ1) is 25.0. The molecule has 28 heavy (non-hydrogen) atoms. The fourth-order valence-corrected chi connectivity index (χ4v) is 4.51. The molecule has 1 rings (SSSR count). The van der Waals surface area contributed by atoms with Gasteiger partial charge in [-0.3, -0.25) is 9.59 Å². The lowest BCUT2D eigenvalue weighted by Gasteiger charge is -2.30. The number of unbranched alkanes of at least 4 members (excludes halogenated alkanes) is 5. The Balaban J connectivity index is 2.67. The van der Waals surface area contributed by atoms with Gasteiger partial charge in [0.2, 0.25) is 0 Å². The van der Waals surface area contributed by atoms with Crippen molar-refractivity contribution in [2.75, 3.05) is 0 Å². The van der Waals surface area contributed by atoms with Gasteiger partial charge in [-0.25, -0.2) is 0 Å². The van der Waals surface area contributed by atoms with Crippen molar-refractivity contribution in [3.05, 3.63) is 0 Å². The molecule has 0 spiro atoms. The van der Waals surface area contributed by atoms with Crippen LogP contribution in [0.25, 0.3) is 0 Å². The zero-order chi connectivity index (χ0) is 20.8. The van der Waals surface area contributed by atoms with Gasteiger partial charge >= 0.3 is 11.9 Å². The summed E-state index contributed by atoms with van der Waals surface area (Å²) in [6.07, 6.45) is 15.6. The Morgan fingerprint density at radius 1 is 0.893 bits per heavy atom. The summed E-state index contributed by atoms with van der Waals surface area (Å²) >= 11 is 0. The number of carboxylic acid groups (broad SMARTS) is 1. The first-order valence-corrected chi connectivity index (χ1v) is 12.0. The normalized spacial score (nSPS) is 21.8. The predicted octanol–water partition coefficient (Wildman–Crippen LogP) is 6.76. The molecule has 4 atom stereocenters. The van der Waals surface area contributed by atoms with Crippen LogP contribution in [0.4, 0.5) is 0 Å². The van der Waals surface area contributed by atoms with Gasteiger partial charge in [-0.2, -0.15) is 0 Å². The molecule has 0 amide bonds. The number of rotatable bonds is 15. The highest BCUT2D eigenvalue weighted by Gasteiger charge is 2.37. The second kappa shape index (κ2) is 14.9. The van der Waals surface area contributed by atoms with Crippen LogP contribution in [-0.4, -0.2) is 23.1 Å². The Kier molecular flexibility index (Phi) is 13.3. The molecule has 4 heteroatoms. The fourth-order valence-electron chi connectivity index (χ4n) is 4.51. The molecule has 4 unspecified atom stereocenters. The van der Waals surface area contributed by atoms with Crippen molar-refractivity contribution in [1.29, 1.82) is 0 Å². The van der Waals surface area contributed by atoms with Gasteiger partial charge in [-0.1, -0.05) is 85.0 Å². The van der Waals surface area contributed by atoms with E-state index in [9.17, 15) is 14.7 Å². The summed E-state index contributed by atoms with van der Waals surface area (Å²) in [4.78, 5) is 24.4. The number of carbonyl (C=O) groups is 2. The van der Waals surface area contributed by atoms with Crippen molar-refractivity contribution in [1.82, 2.24) is 0 Å². The van der Waals surface area contributed by atoms with Gasteiger partial charge in [0.05, 0.1) is 11.8 Å². The number of hydrogen-bond donors (Lipinski definition) is 1. The lowest BCUT2D eigenvalue weighted by atomic mass is 9.79. The molecule has 0 aliphatic heterocycles. The van der Waals surface area contributed by atoms with E-state index in [-0.39, 0.29) is 12.1 Å². The fraction of sp³-hybridized carbons (Fsp3) is 0.917. The third kappa shape index (κ3) is 9.43. The van der Waals surface area contributed by atoms with E-state index >= 15 is 0 Å². The van der Waals surface area contributed by atoms with E-state index in [1.54, 1.807) is 0 Å². The van der Waals surface area contributed by atoms with Crippen LogP contribution in [0.5, 0.6) is 0 Å². The monoisotopic (exact) mass is 396 g/mol. The van der Waals surface area contributed by atoms with E-state index in [0.29, 0.717) is 18.8 Å². The summed E-state index contributed by atoms with van der Waals surface area (Å²) in [5.74, 6) is -1.52. The number of esters is 1. The summed E-state index contributed by atoms with van der Waals surface area (Å²) < 4.78 is 5.99. The van der Waals surface area contributed by atoms with Gasteiger partial charge in [0.1, 0.15) is 6.10 Å². The topological polar surface area (TPSA) is 63.6 Å². The van der Waals surface area contributed by atoms with Crippen LogP contribution in [0.15, 0.2) is 0 Å². The second-order valence-corrected chi connectivity index (χ2v) is 8.75. The third-order valence-electron chi connectivity index (χ3n) is 6.44. The van der Waals surface area contributed by atoms with Gasteiger partial charge in [-0.05, 0) is 38.0 Å². The van der Waals surface area contributed by atoms with Crippen LogP contribution in [-0.2, 0) is 14.3 Å². The van der Waals surface area contributed by atoms with Crippen LogP contribution in [0, 0.1) is 17.8 Å². The van der Waals surface area contributed by atoms with E-state index in [1.807, 2.05) is 0 Å². The number of carboxylic acids is 1. The highest BCUT2D eigenvalue weighted by molar-refractivity contribution is 5.81. The summed E-state index contributed by atoms with van der Waals surface area (Å²) in [7, 11) is 0. The van der Waals surface area contributed by atoms with Gasteiger partial charge in [-0.15, -0.1) is 0 Å². The Labute approximate surface area is 172 Å². The van der Waals surface area contributed by atoms with Gasteiger partial charge in [0.15, 0.2) is 0 Å². The molecule has 164 valence electrons. The molecule has 0 aromatic carbocycles. The Bertz CT molecular complexity index is 434. The minimum absolute atomic E-state index is 0.0488. The summed E-state index contributed by atoms with van der Waals surface area (Å²) in [5.41, 5.74) is 0. The molecule has 1 fully saturated rings. The molecule has 4 nitrogen and oxygen atoms in total. The largest absolute Gasteiger partial charge is 0.481 e. The molecule has 0 heterocycles. The highest BCUT2D eigenvalue weighted by Crippen LogP contribution is 2.32. The molecule has 1 saturated carbocycles. The smallest absolute Gasteiger partial charge is 0.310 e. The highest BCUT2D eigenvalue weighted by atomic mass is 16.5. The minimum Gasteiger partial charge on any atom is -0.481 e. The lowest BCUT2D eigenvalue weighted by molar-refractivity contribution is -0.164. The maximum atomic E-state index is 12.9. The number of hydrogen-bond acceptors (Lipinski definition) is 3. The van der Waals surface area contributed by atoms with Gasteiger partial charge < -0.3 is 9.84 Å².